The summed E-state index contributed by atoms with van der Waals surface area (Å²) >= 11 is 0. The number of rotatable bonds is 6. The van der Waals surface area contributed by atoms with Gasteiger partial charge in [-0.15, -0.1) is 0 Å². The predicted molar refractivity (Wildman–Crippen MR) is 95.7 cm³/mol. The van der Waals surface area contributed by atoms with E-state index in [4.69, 9.17) is 0 Å². The Labute approximate surface area is 141 Å². The van der Waals surface area contributed by atoms with Crippen LogP contribution in [0.3, 0.4) is 0 Å². The molecule has 1 heterocycles. The van der Waals surface area contributed by atoms with Crippen LogP contribution in [-0.4, -0.2) is 66.9 Å². The Morgan fingerprint density at radius 3 is 2.22 bits per heavy atom. The maximum absolute atomic E-state index is 12.7. The highest BCUT2D eigenvalue weighted by Gasteiger charge is 2.24. The minimum Gasteiger partial charge on any atom is -0.339 e. The normalized spacial score (nSPS) is 16.7. The van der Waals surface area contributed by atoms with Gasteiger partial charge in [-0.2, -0.15) is 0 Å². The molecule has 0 bridgehead atoms. The average Bonchev–Trinajstić information content (AvgIpc) is 2.59. The van der Waals surface area contributed by atoms with Gasteiger partial charge in [0.05, 0.1) is 0 Å². The fraction of sp³-hybridized carbons (Fsp3) is 0.632. The standard InChI is InChI=1S/C19H31N3O/c1-5-22(6-2)15-16-7-9-17(10-8-16)19(23)21(4)18-11-13-20(3)14-12-18/h7-10,18H,5-6,11-15H2,1-4H3. The van der Waals surface area contributed by atoms with E-state index in [2.05, 4.69) is 42.8 Å². The van der Waals surface area contributed by atoms with Crippen LogP contribution in [-0.2, 0) is 6.54 Å². The lowest BCUT2D eigenvalue weighted by atomic mass is 10.0. The lowest BCUT2D eigenvalue weighted by Crippen LogP contribution is -2.44. The molecule has 1 saturated heterocycles. The zero-order valence-electron chi connectivity index (χ0n) is 15.1. The van der Waals surface area contributed by atoms with Crippen molar-refractivity contribution < 1.29 is 4.79 Å². The number of piperidine rings is 1. The van der Waals surface area contributed by atoms with E-state index in [1.165, 1.54) is 5.56 Å². The van der Waals surface area contributed by atoms with Crippen molar-refractivity contribution in [2.75, 3.05) is 40.3 Å². The van der Waals surface area contributed by atoms with Crippen molar-refractivity contribution in [2.24, 2.45) is 0 Å². The minimum absolute atomic E-state index is 0.147. The van der Waals surface area contributed by atoms with Crippen molar-refractivity contribution in [3.63, 3.8) is 0 Å². The third kappa shape index (κ3) is 4.79. The molecule has 1 amide bonds. The first-order valence-corrected chi connectivity index (χ1v) is 8.82. The van der Waals surface area contributed by atoms with Crippen molar-refractivity contribution >= 4 is 5.91 Å². The number of carbonyl (C=O) groups is 1. The van der Waals surface area contributed by atoms with Gasteiger partial charge in [0.25, 0.3) is 5.91 Å². The maximum Gasteiger partial charge on any atom is 0.253 e. The van der Waals surface area contributed by atoms with E-state index in [0.29, 0.717) is 6.04 Å². The second-order valence-electron chi connectivity index (χ2n) is 6.61. The molecule has 128 valence electrons. The molecule has 0 atom stereocenters. The van der Waals surface area contributed by atoms with E-state index >= 15 is 0 Å². The van der Waals surface area contributed by atoms with Crippen LogP contribution in [0.15, 0.2) is 24.3 Å². The van der Waals surface area contributed by atoms with Crippen molar-refractivity contribution in [1.82, 2.24) is 14.7 Å². The van der Waals surface area contributed by atoms with Crippen LogP contribution in [0.25, 0.3) is 0 Å². The molecular weight excluding hydrogens is 286 g/mol. The molecule has 1 aliphatic rings. The van der Waals surface area contributed by atoms with Gasteiger partial charge in [0.1, 0.15) is 0 Å². The van der Waals surface area contributed by atoms with Crippen molar-refractivity contribution in [2.45, 2.75) is 39.3 Å². The van der Waals surface area contributed by atoms with Crippen molar-refractivity contribution in [3.05, 3.63) is 35.4 Å². The van der Waals surface area contributed by atoms with Gasteiger partial charge in [-0.1, -0.05) is 26.0 Å². The maximum atomic E-state index is 12.7. The Kier molecular flexibility index (Phi) is 6.60. The van der Waals surface area contributed by atoms with Gasteiger partial charge < -0.3 is 9.80 Å². The second kappa shape index (κ2) is 8.46. The first-order valence-electron chi connectivity index (χ1n) is 8.82. The lowest BCUT2D eigenvalue weighted by molar-refractivity contribution is 0.0659. The molecule has 1 aromatic rings. The summed E-state index contributed by atoms with van der Waals surface area (Å²) in [7, 11) is 4.09. The zero-order chi connectivity index (χ0) is 16.8. The Morgan fingerprint density at radius 1 is 1.13 bits per heavy atom. The van der Waals surface area contributed by atoms with Gasteiger partial charge in [-0.3, -0.25) is 9.69 Å². The molecule has 23 heavy (non-hydrogen) atoms. The molecule has 4 heteroatoms. The van der Waals surface area contributed by atoms with Crippen LogP contribution in [0, 0.1) is 0 Å². The van der Waals surface area contributed by atoms with Gasteiger partial charge in [0, 0.05) is 25.2 Å². The van der Waals surface area contributed by atoms with E-state index in [1.807, 2.05) is 24.1 Å². The number of hydrogen-bond donors (Lipinski definition) is 0. The molecular formula is C19H31N3O. The molecule has 0 aromatic heterocycles. The van der Waals surface area contributed by atoms with Crippen molar-refractivity contribution in [3.8, 4) is 0 Å². The summed E-state index contributed by atoms with van der Waals surface area (Å²) in [5.74, 6) is 0.147. The SMILES string of the molecule is CCN(CC)Cc1ccc(C(=O)N(C)C2CCN(C)CC2)cc1. The lowest BCUT2D eigenvalue weighted by Gasteiger charge is -2.35. The Morgan fingerprint density at radius 2 is 1.70 bits per heavy atom. The summed E-state index contributed by atoms with van der Waals surface area (Å²) in [6.45, 7) is 9.56. The molecule has 2 rings (SSSR count). The summed E-state index contributed by atoms with van der Waals surface area (Å²) in [5.41, 5.74) is 2.07. The van der Waals surface area contributed by atoms with Gasteiger partial charge in [-0.25, -0.2) is 0 Å². The number of nitrogens with zero attached hydrogens (tertiary/aromatic N) is 3. The van der Waals surface area contributed by atoms with Crippen LogP contribution >= 0.6 is 0 Å². The summed E-state index contributed by atoms with van der Waals surface area (Å²) in [4.78, 5) is 19.3. The smallest absolute Gasteiger partial charge is 0.253 e. The summed E-state index contributed by atoms with van der Waals surface area (Å²) in [6.07, 6.45) is 2.14. The van der Waals surface area contributed by atoms with Crippen LogP contribution in [0.2, 0.25) is 0 Å². The fourth-order valence-electron chi connectivity index (χ4n) is 3.21. The third-order valence-corrected chi connectivity index (χ3v) is 5.06. The molecule has 4 nitrogen and oxygen atoms in total. The van der Waals surface area contributed by atoms with E-state index in [9.17, 15) is 4.79 Å². The van der Waals surface area contributed by atoms with Crippen LogP contribution in [0.4, 0.5) is 0 Å². The van der Waals surface area contributed by atoms with Gasteiger partial charge in [-0.05, 0) is 63.8 Å². The monoisotopic (exact) mass is 317 g/mol. The highest BCUT2D eigenvalue weighted by Crippen LogP contribution is 2.17. The summed E-state index contributed by atoms with van der Waals surface area (Å²) < 4.78 is 0. The molecule has 0 saturated carbocycles. The van der Waals surface area contributed by atoms with Crippen molar-refractivity contribution in [1.29, 1.82) is 0 Å². The average molecular weight is 317 g/mol. The number of benzene rings is 1. The first-order chi connectivity index (χ1) is 11.0. The second-order valence-corrected chi connectivity index (χ2v) is 6.61. The van der Waals surface area contributed by atoms with Gasteiger partial charge in [0.2, 0.25) is 0 Å². The predicted octanol–water partition coefficient (Wildman–Crippen LogP) is 2.69. The quantitative estimate of drug-likeness (QED) is 0.807. The Bertz CT molecular complexity index is 488. The minimum atomic E-state index is 0.147. The highest BCUT2D eigenvalue weighted by atomic mass is 16.2. The van der Waals surface area contributed by atoms with E-state index < -0.39 is 0 Å². The number of carbonyl (C=O) groups excluding carboxylic acids is 1. The molecule has 1 aliphatic heterocycles. The zero-order valence-corrected chi connectivity index (χ0v) is 15.1. The van der Waals surface area contributed by atoms with Crippen LogP contribution in [0.1, 0.15) is 42.6 Å². The van der Waals surface area contributed by atoms with Crippen LogP contribution < -0.4 is 0 Å². The summed E-state index contributed by atoms with van der Waals surface area (Å²) in [5, 5.41) is 0. The Balaban J connectivity index is 1.96. The van der Waals surface area contributed by atoms with Gasteiger partial charge in [0.15, 0.2) is 0 Å². The molecule has 0 spiro atoms. The largest absolute Gasteiger partial charge is 0.339 e. The Hall–Kier alpha value is -1.39. The molecule has 1 aromatic carbocycles. The molecule has 0 unspecified atom stereocenters. The van der Waals surface area contributed by atoms with Gasteiger partial charge >= 0.3 is 0 Å². The highest BCUT2D eigenvalue weighted by molar-refractivity contribution is 5.94. The number of likely N-dealkylation sites (tertiary alicyclic amines) is 1. The number of amides is 1. The topological polar surface area (TPSA) is 26.8 Å². The van der Waals surface area contributed by atoms with E-state index in [-0.39, 0.29) is 5.91 Å². The summed E-state index contributed by atoms with van der Waals surface area (Å²) in [6, 6.07) is 8.51. The first kappa shape index (κ1) is 18.0. The third-order valence-electron chi connectivity index (χ3n) is 5.06. The molecule has 0 radical (unpaired) electrons. The number of hydrogen-bond acceptors (Lipinski definition) is 3. The molecule has 1 fully saturated rings. The fourth-order valence-corrected chi connectivity index (χ4v) is 3.21. The van der Waals surface area contributed by atoms with E-state index in [1.54, 1.807) is 0 Å². The van der Waals surface area contributed by atoms with E-state index in [0.717, 1.165) is 51.1 Å². The molecule has 0 aliphatic carbocycles. The molecule has 0 N–H and O–H groups in total. The van der Waals surface area contributed by atoms with Crippen LogP contribution in [0.5, 0.6) is 0 Å².